The smallest absolute Gasteiger partial charge is 0.238 e. The summed E-state index contributed by atoms with van der Waals surface area (Å²) >= 11 is 0. The molecular weight excluding hydrogens is 280 g/mol. The van der Waals surface area contributed by atoms with Crippen molar-refractivity contribution in [3.8, 4) is 5.75 Å². The summed E-state index contributed by atoms with van der Waals surface area (Å²) in [4.78, 5) is 14.3. The third-order valence-electron chi connectivity index (χ3n) is 3.76. The first kappa shape index (κ1) is 16.8. The van der Waals surface area contributed by atoms with Gasteiger partial charge < -0.3 is 14.8 Å². The maximum absolute atomic E-state index is 12.1. The minimum absolute atomic E-state index is 0.0509. The summed E-state index contributed by atoms with van der Waals surface area (Å²) in [6.45, 7) is 3.62. The van der Waals surface area contributed by atoms with Gasteiger partial charge in [-0.3, -0.25) is 9.69 Å². The molecule has 0 saturated carbocycles. The van der Waals surface area contributed by atoms with Gasteiger partial charge in [-0.25, -0.2) is 0 Å². The normalized spacial score (nSPS) is 16.0. The molecule has 0 spiro atoms. The fourth-order valence-corrected chi connectivity index (χ4v) is 2.58. The van der Waals surface area contributed by atoms with Crippen molar-refractivity contribution in [2.45, 2.75) is 25.7 Å². The molecule has 1 aromatic carbocycles. The molecule has 22 heavy (non-hydrogen) atoms. The predicted octanol–water partition coefficient (Wildman–Crippen LogP) is 2.53. The lowest BCUT2D eigenvalue weighted by molar-refractivity contribution is -0.117. The van der Waals surface area contributed by atoms with E-state index < -0.39 is 0 Å². The van der Waals surface area contributed by atoms with Crippen molar-refractivity contribution in [3.63, 3.8) is 0 Å². The summed E-state index contributed by atoms with van der Waals surface area (Å²) < 4.78 is 10.4. The van der Waals surface area contributed by atoms with Crippen LogP contribution in [0.15, 0.2) is 24.3 Å². The number of amides is 1. The van der Waals surface area contributed by atoms with Gasteiger partial charge in [0.25, 0.3) is 0 Å². The standard InChI is InChI=1S/C17H26N2O3/c1-21-12-13-22-16-8-6-15(7-9-16)18-17(20)14-19-10-4-2-3-5-11-19/h6-9H,2-5,10-14H2,1H3,(H,18,20). The second-order valence-corrected chi connectivity index (χ2v) is 5.60. The molecule has 1 amide bonds. The number of methoxy groups -OCH3 is 1. The minimum Gasteiger partial charge on any atom is -0.491 e. The van der Waals surface area contributed by atoms with E-state index in [9.17, 15) is 4.79 Å². The SMILES string of the molecule is COCCOc1ccc(NC(=O)CN2CCCCCC2)cc1. The van der Waals surface area contributed by atoms with Crippen LogP contribution in [-0.2, 0) is 9.53 Å². The maximum atomic E-state index is 12.1. The molecule has 0 radical (unpaired) electrons. The molecule has 5 heteroatoms. The zero-order valence-electron chi connectivity index (χ0n) is 13.3. The largest absolute Gasteiger partial charge is 0.491 e. The van der Waals surface area contributed by atoms with Gasteiger partial charge >= 0.3 is 0 Å². The fourth-order valence-electron chi connectivity index (χ4n) is 2.58. The molecule has 5 nitrogen and oxygen atoms in total. The van der Waals surface area contributed by atoms with Gasteiger partial charge in [-0.05, 0) is 50.2 Å². The molecule has 1 aliphatic rings. The molecule has 1 heterocycles. The number of anilines is 1. The Morgan fingerprint density at radius 2 is 1.77 bits per heavy atom. The van der Waals surface area contributed by atoms with Gasteiger partial charge in [-0.15, -0.1) is 0 Å². The third kappa shape index (κ3) is 6.03. The van der Waals surface area contributed by atoms with E-state index in [4.69, 9.17) is 9.47 Å². The number of carbonyl (C=O) groups is 1. The lowest BCUT2D eigenvalue weighted by Crippen LogP contribution is -2.33. The molecule has 0 unspecified atom stereocenters. The summed E-state index contributed by atoms with van der Waals surface area (Å²) in [5, 5.41) is 2.94. The molecule has 1 saturated heterocycles. The van der Waals surface area contributed by atoms with Gasteiger partial charge in [0.05, 0.1) is 13.2 Å². The van der Waals surface area contributed by atoms with Gasteiger partial charge in [0.2, 0.25) is 5.91 Å². The Balaban J connectivity index is 1.75. The van der Waals surface area contributed by atoms with Crippen LogP contribution in [0.1, 0.15) is 25.7 Å². The maximum Gasteiger partial charge on any atom is 0.238 e. The summed E-state index contributed by atoms with van der Waals surface area (Å²) in [6.07, 6.45) is 4.95. The number of likely N-dealkylation sites (tertiary alicyclic amines) is 1. The van der Waals surface area contributed by atoms with E-state index in [0.29, 0.717) is 19.8 Å². The highest BCUT2D eigenvalue weighted by atomic mass is 16.5. The molecule has 0 atom stereocenters. The van der Waals surface area contributed by atoms with Crippen molar-refractivity contribution in [2.24, 2.45) is 0 Å². The van der Waals surface area contributed by atoms with Crippen molar-refractivity contribution in [1.29, 1.82) is 0 Å². The monoisotopic (exact) mass is 306 g/mol. The van der Waals surface area contributed by atoms with Gasteiger partial charge in [-0.1, -0.05) is 12.8 Å². The average Bonchev–Trinajstić information content (AvgIpc) is 2.78. The number of hydrogen-bond acceptors (Lipinski definition) is 4. The van der Waals surface area contributed by atoms with Gasteiger partial charge in [0.1, 0.15) is 12.4 Å². The first-order valence-corrected chi connectivity index (χ1v) is 8.02. The van der Waals surface area contributed by atoms with Crippen molar-refractivity contribution < 1.29 is 14.3 Å². The fraction of sp³-hybridized carbons (Fsp3) is 0.588. The minimum atomic E-state index is 0.0509. The number of rotatable bonds is 7. The molecule has 2 rings (SSSR count). The van der Waals surface area contributed by atoms with E-state index in [1.54, 1.807) is 7.11 Å². The molecule has 1 fully saturated rings. The summed E-state index contributed by atoms with van der Waals surface area (Å²) in [5.41, 5.74) is 0.805. The van der Waals surface area contributed by atoms with E-state index >= 15 is 0 Å². The number of nitrogens with one attached hydrogen (secondary N) is 1. The van der Waals surface area contributed by atoms with E-state index in [-0.39, 0.29) is 5.91 Å². The summed E-state index contributed by atoms with van der Waals surface area (Å²) in [5.74, 6) is 0.831. The zero-order chi connectivity index (χ0) is 15.6. The van der Waals surface area contributed by atoms with Crippen molar-refractivity contribution in [3.05, 3.63) is 24.3 Å². The molecule has 122 valence electrons. The number of nitrogens with zero attached hydrogens (tertiary/aromatic N) is 1. The van der Waals surface area contributed by atoms with Crippen LogP contribution in [0.25, 0.3) is 0 Å². The zero-order valence-corrected chi connectivity index (χ0v) is 13.3. The van der Waals surface area contributed by atoms with Crippen LogP contribution in [0.2, 0.25) is 0 Å². The lowest BCUT2D eigenvalue weighted by atomic mass is 10.2. The molecule has 1 aliphatic heterocycles. The van der Waals surface area contributed by atoms with Crippen LogP contribution in [0.4, 0.5) is 5.69 Å². The Hall–Kier alpha value is -1.59. The van der Waals surface area contributed by atoms with Crippen molar-refractivity contribution in [1.82, 2.24) is 4.90 Å². The Bertz CT molecular complexity index is 440. The first-order valence-electron chi connectivity index (χ1n) is 8.02. The van der Waals surface area contributed by atoms with Crippen LogP contribution >= 0.6 is 0 Å². The number of ether oxygens (including phenoxy) is 2. The molecule has 0 aromatic heterocycles. The molecular formula is C17H26N2O3. The van der Waals surface area contributed by atoms with E-state index in [1.165, 1.54) is 25.7 Å². The molecule has 0 aliphatic carbocycles. The predicted molar refractivity (Wildman–Crippen MR) is 87.4 cm³/mol. The Kier molecular flexibility index (Phi) is 7.19. The quantitative estimate of drug-likeness (QED) is 0.787. The van der Waals surface area contributed by atoms with Gasteiger partial charge in [0, 0.05) is 12.8 Å². The van der Waals surface area contributed by atoms with Gasteiger partial charge in [-0.2, -0.15) is 0 Å². The molecule has 1 aromatic rings. The highest BCUT2D eigenvalue weighted by molar-refractivity contribution is 5.92. The lowest BCUT2D eigenvalue weighted by Gasteiger charge is -2.19. The van der Waals surface area contributed by atoms with E-state index in [1.807, 2.05) is 24.3 Å². The Morgan fingerprint density at radius 1 is 1.09 bits per heavy atom. The van der Waals surface area contributed by atoms with Gasteiger partial charge in [0.15, 0.2) is 0 Å². The third-order valence-corrected chi connectivity index (χ3v) is 3.76. The molecule has 0 bridgehead atoms. The van der Waals surface area contributed by atoms with Crippen LogP contribution < -0.4 is 10.1 Å². The van der Waals surface area contributed by atoms with Crippen LogP contribution in [0.5, 0.6) is 5.75 Å². The van der Waals surface area contributed by atoms with Crippen molar-refractivity contribution >= 4 is 11.6 Å². The van der Waals surface area contributed by atoms with Crippen LogP contribution in [-0.4, -0.2) is 50.8 Å². The van der Waals surface area contributed by atoms with E-state index in [0.717, 1.165) is 24.5 Å². The topological polar surface area (TPSA) is 50.8 Å². The van der Waals surface area contributed by atoms with Crippen LogP contribution in [0, 0.1) is 0 Å². The van der Waals surface area contributed by atoms with E-state index in [2.05, 4.69) is 10.2 Å². The Labute approximate surface area is 132 Å². The Morgan fingerprint density at radius 3 is 2.41 bits per heavy atom. The highest BCUT2D eigenvalue weighted by Gasteiger charge is 2.12. The second-order valence-electron chi connectivity index (χ2n) is 5.60. The number of benzene rings is 1. The highest BCUT2D eigenvalue weighted by Crippen LogP contribution is 2.16. The first-order chi connectivity index (χ1) is 10.8. The average molecular weight is 306 g/mol. The summed E-state index contributed by atoms with van der Waals surface area (Å²) in [6, 6.07) is 7.44. The van der Waals surface area contributed by atoms with Crippen LogP contribution in [0.3, 0.4) is 0 Å². The summed E-state index contributed by atoms with van der Waals surface area (Å²) in [7, 11) is 1.65. The second kappa shape index (κ2) is 9.43. The number of carbonyl (C=O) groups excluding carboxylic acids is 1. The number of hydrogen-bond donors (Lipinski definition) is 1. The molecule has 1 N–H and O–H groups in total. The van der Waals surface area contributed by atoms with Crippen molar-refractivity contribution in [2.75, 3.05) is 45.3 Å².